The molecule has 9 nitrogen and oxygen atoms in total. The first-order valence-electron chi connectivity index (χ1n) is 11.0. The van der Waals surface area contributed by atoms with Crippen LogP contribution in [0.4, 0.5) is 0 Å². The number of carbonyl (C=O) groups excluding carboxylic acids is 2. The molecular formula is C24H29N5O4. The molecule has 1 aromatic carbocycles. The molecule has 0 atom stereocenters. The van der Waals surface area contributed by atoms with E-state index in [1.54, 1.807) is 36.2 Å². The fourth-order valence-corrected chi connectivity index (χ4v) is 4.03. The van der Waals surface area contributed by atoms with Crippen LogP contribution >= 0.6 is 0 Å². The van der Waals surface area contributed by atoms with Crippen molar-refractivity contribution < 1.29 is 19.1 Å². The van der Waals surface area contributed by atoms with Crippen LogP contribution in [0.15, 0.2) is 36.7 Å². The number of methoxy groups -OCH3 is 2. The van der Waals surface area contributed by atoms with Gasteiger partial charge in [-0.25, -0.2) is 9.67 Å². The molecule has 174 valence electrons. The van der Waals surface area contributed by atoms with Crippen LogP contribution in [0.3, 0.4) is 0 Å². The average molecular weight is 452 g/mol. The number of amides is 2. The summed E-state index contributed by atoms with van der Waals surface area (Å²) in [6, 6.07) is 7.47. The minimum absolute atomic E-state index is 0.0340. The van der Waals surface area contributed by atoms with E-state index in [9.17, 15) is 9.59 Å². The van der Waals surface area contributed by atoms with Gasteiger partial charge in [-0.3, -0.25) is 9.59 Å². The third kappa shape index (κ3) is 4.62. The van der Waals surface area contributed by atoms with Crippen molar-refractivity contribution >= 4 is 22.8 Å². The highest BCUT2D eigenvalue weighted by molar-refractivity contribution is 5.97. The first-order chi connectivity index (χ1) is 15.9. The maximum Gasteiger partial charge on any atom is 0.255 e. The number of nitrogens with zero attached hydrogens (tertiary/aromatic N) is 5. The Morgan fingerprint density at radius 3 is 2.39 bits per heavy atom. The number of carbonyl (C=O) groups is 2. The lowest BCUT2D eigenvalue weighted by atomic mass is 10.1. The summed E-state index contributed by atoms with van der Waals surface area (Å²) in [6.07, 6.45) is 3.31. The Labute approximate surface area is 192 Å². The van der Waals surface area contributed by atoms with Crippen molar-refractivity contribution in [2.75, 3.05) is 40.4 Å². The van der Waals surface area contributed by atoms with Crippen molar-refractivity contribution in [3.63, 3.8) is 0 Å². The lowest BCUT2D eigenvalue weighted by Crippen LogP contribution is -2.51. The zero-order chi connectivity index (χ0) is 23.5. The lowest BCUT2D eigenvalue weighted by molar-refractivity contribution is -0.135. The summed E-state index contributed by atoms with van der Waals surface area (Å²) in [5.74, 6) is 1.45. The van der Waals surface area contributed by atoms with Crippen LogP contribution in [-0.4, -0.2) is 76.8 Å². The lowest BCUT2D eigenvalue weighted by Gasteiger charge is -2.35. The maximum atomic E-state index is 13.0. The predicted octanol–water partition coefficient (Wildman–Crippen LogP) is 2.44. The molecule has 33 heavy (non-hydrogen) atoms. The van der Waals surface area contributed by atoms with E-state index in [2.05, 4.69) is 10.1 Å². The minimum atomic E-state index is -0.0781. The molecule has 3 aromatic rings. The molecule has 0 unspecified atom stereocenters. The highest BCUT2D eigenvalue weighted by atomic mass is 16.5. The molecule has 0 aliphatic carbocycles. The number of piperazine rings is 1. The summed E-state index contributed by atoms with van der Waals surface area (Å²) >= 11 is 0. The van der Waals surface area contributed by atoms with Crippen molar-refractivity contribution in [1.82, 2.24) is 24.6 Å². The average Bonchev–Trinajstić information content (AvgIpc) is 3.25. The van der Waals surface area contributed by atoms with Gasteiger partial charge in [-0.1, -0.05) is 13.8 Å². The minimum Gasteiger partial charge on any atom is -0.497 e. The van der Waals surface area contributed by atoms with E-state index in [1.165, 1.54) is 0 Å². The van der Waals surface area contributed by atoms with Crippen LogP contribution in [0.5, 0.6) is 11.5 Å². The Morgan fingerprint density at radius 2 is 1.73 bits per heavy atom. The quantitative estimate of drug-likeness (QED) is 0.572. The number of aromatic nitrogens is 3. The Kier molecular flexibility index (Phi) is 6.48. The fraction of sp³-hybridized carbons (Fsp3) is 0.417. The molecule has 1 aliphatic rings. The molecule has 0 saturated carbocycles. The van der Waals surface area contributed by atoms with Gasteiger partial charge in [0, 0.05) is 55.3 Å². The van der Waals surface area contributed by atoms with E-state index in [1.807, 2.05) is 43.0 Å². The summed E-state index contributed by atoms with van der Waals surface area (Å²) in [5.41, 5.74) is 2.16. The molecule has 2 aromatic heterocycles. The van der Waals surface area contributed by atoms with Crippen molar-refractivity contribution in [3.05, 3.63) is 47.8 Å². The van der Waals surface area contributed by atoms with Crippen LogP contribution in [0.25, 0.3) is 11.0 Å². The van der Waals surface area contributed by atoms with Gasteiger partial charge < -0.3 is 19.3 Å². The predicted molar refractivity (Wildman–Crippen MR) is 123 cm³/mol. The first kappa shape index (κ1) is 22.6. The summed E-state index contributed by atoms with van der Waals surface area (Å²) in [7, 11) is 3.23. The number of benzene rings is 1. The molecule has 4 rings (SSSR count). The van der Waals surface area contributed by atoms with Gasteiger partial charge in [0.25, 0.3) is 5.91 Å². The van der Waals surface area contributed by atoms with E-state index >= 15 is 0 Å². The summed E-state index contributed by atoms with van der Waals surface area (Å²) in [5, 5.41) is 5.26. The topological polar surface area (TPSA) is 89.8 Å². The van der Waals surface area contributed by atoms with Gasteiger partial charge in [0.2, 0.25) is 5.91 Å². The molecule has 1 aliphatic heterocycles. The van der Waals surface area contributed by atoms with Gasteiger partial charge in [-0.2, -0.15) is 5.10 Å². The van der Waals surface area contributed by atoms with E-state index < -0.39 is 0 Å². The monoisotopic (exact) mass is 451 g/mol. The molecule has 1 saturated heterocycles. The Morgan fingerprint density at radius 1 is 1.00 bits per heavy atom. The second-order valence-corrected chi connectivity index (χ2v) is 8.39. The van der Waals surface area contributed by atoms with E-state index in [-0.39, 0.29) is 17.7 Å². The number of ether oxygens (including phenoxy) is 2. The fourth-order valence-electron chi connectivity index (χ4n) is 4.03. The second kappa shape index (κ2) is 9.48. The largest absolute Gasteiger partial charge is 0.497 e. The Hall–Kier alpha value is -3.62. The normalized spacial score (nSPS) is 14.1. The number of hydrogen-bond acceptors (Lipinski definition) is 6. The molecule has 0 N–H and O–H groups in total. The van der Waals surface area contributed by atoms with Gasteiger partial charge in [0.05, 0.1) is 32.5 Å². The highest BCUT2D eigenvalue weighted by Crippen LogP contribution is 2.26. The summed E-state index contributed by atoms with van der Waals surface area (Å²) in [4.78, 5) is 33.3. The van der Waals surface area contributed by atoms with Crippen molar-refractivity contribution in [1.29, 1.82) is 0 Å². The Balaban J connectivity index is 1.48. The first-order valence-corrected chi connectivity index (χ1v) is 11.0. The van der Waals surface area contributed by atoms with Crippen molar-refractivity contribution in [2.45, 2.75) is 20.4 Å². The summed E-state index contributed by atoms with van der Waals surface area (Å²) < 4.78 is 12.5. The molecule has 0 spiro atoms. The molecule has 1 fully saturated rings. The number of pyridine rings is 1. The molecule has 0 radical (unpaired) electrons. The van der Waals surface area contributed by atoms with Crippen LogP contribution < -0.4 is 9.47 Å². The van der Waals surface area contributed by atoms with E-state index in [0.29, 0.717) is 49.7 Å². The highest BCUT2D eigenvalue weighted by Gasteiger charge is 2.26. The smallest absolute Gasteiger partial charge is 0.255 e. The number of hydrogen-bond donors (Lipinski definition) is 0. The standard InChI is InChI=1S/C24H29N5O4/c1-16(2)23(30)27-7-9-28(10-8-27)24(31)19-11-18-14-26-29(22(18)25-13-19)15-17-5-6-20(32-3)12-21(17)33-4/h5-6,11-14,16H,7-10,15H2,1-4H3. The number of fused-ring (bicyclic) bond motifs is 1. The van der Waals surface area contributed by atoms with Gasteiger partial charge in [-0.15, -0.1) is 0 Å². The van der Waals surface area contributed by atoms with E-state index in [0.717, 1.165) is 16.7 Å². The van der Waals surface area contributed by atoms with Gasteiger partial charge >= 0.3 is 0 Å². The third-order valence-corrected chi connectivity index (χ3v) is 5.91. The molecule has 9 heteroatoms. The van der Waals surface area contributed by atoms with E-state index in [4.69, 9.17) is 9.47 Å². The summed E-state index contributed by atoms with van der Waals surface area (Å²) in [6.45, 7) is 6.41. The van der Waals surface area contributed by atoms with Crippen molar-refractivity contribution in [3.8, 4) is 11.5 Å². The maximum absolute atomic E-state index is 13.0. The number of rotatable bonds is 6. The SMILES string of the molecule is COc1ccc(Cn2ncc3cc(C(=O)N4CCN(C(=O)C(C)C)CC4)cnc32)c(OC)c1. The second-order valence-electron chi connectivity index (χ2n) is 8.39. The molecule has 0 bridgehead atoms. The van der Waals surface area contributed by atoms with Gasteiger partial charge in [0.1, 0.15) is 11.5 Å². The Bertz CT molecular complexity index is 1160. The van der Waals surface area contributed by atoms with Gasteiger partial charge in [0.15, 0.2) is 5.65 Å². The van der Waals surface area contributed by atoms with Crippen LogP contribution in [0, 0.1) is 5.92 Å². The van der Waals surface area contributed by atoms with Crippen LogP contribution in [0.2, 0.25) is 0 Å². The van der Waals surface area contributed by atoms with Gasteiger partial charge in [-0.05, 0) is 18.2 Å². The van der Waals surface area contributed by atoms with Crippen molar-refractivity contribution in [2.24, 2.45) is 5.92 Å². The van der Waals surface area contributed by atoms with Crippen LogP contribution in [0.1, 0.15) is 29.8 Å². The third-order valence-electron chi connectivity index (χ3n) is 5.91. The zero-order valence-electron chi connectivity index (χ0n) is 19.4. The molecular weight excluding hydrogens is 422 g/mol. The molecule has 2 amide bonds. The molecule has 3 heterocycles. The zero-order valence-corrected chi connectivity index (χ0v) is 19.4. The van der Waals surface area contributed by atoms with Crippen LogP contribution in [-0.2, 0) is 11.3 Å².